The zero-order chi connectivity index (χ0) is 24.3. The molecule has 3 rings (SSSR count). The van der Waals surface area contributed by atoms with Crippen LogP contribution in [0.4, 0.5) is 22.5 Å². The number of benzene rings is 1. The molecule has 2 heterocycles. The van der Waals surface area contributed by atoms with Crippen LogP contribution < -0.4 is 21.6 Å². The van der Waals surface area contributed by atoms with Crippen LogP contribution in [0.15, 0.2) is 29.1 Å². The van der Waals surface area contributed by atoms with Crippen molar-refractivity contribution in [3.05, 3.63) is 51.2 Å². The first-order chi connectivity index (χ1) is 15.5. The molecule has 0 aliphatic heterocycles. The van der Waals surface area contributed by atoms with E-state index < -0.39 is 17.4 Å². The minimum Gasteiger partial charge on any atom is -0.492 e. The summed E-state index contributed by atoms with van der Waals surface area (Å²) in [6.45, 7) is 5.68. The summed E-state index contributed by atoms with van der Waals surface area (Å²) < 4.78 is 6.51. The van der Waals surface area contributed by atoms with Crippen molar-refractivity contribution in [2.45, 2.75) is 39.5 Å². The van der Waals surface area contributed by atoms with Crippen molar-refractivity contribution >= 4 is 35.4 Å². The number of aromatic amines is 1. The predicted molar refractivity (Wildman–Crippen MR) is 123 cm³/mol. The predicted octanol–water partition coefficient (Wildman–Crippen LogP) is 2.40. The van der Waals surface area contributed by atoms with E-state index in [-0.39, 0.29) is 35.4 Å². The molecule has 0 aliphatic carbocycles. The van der Waals surface area contributed by atoms with E-state index in [1.54, 1.807) is 20.8 Å². The van der Waals surface area contributed by atoms with Gasteiger partial charge in [-0.05, 0) is 43.5 Å². The van der Waals surface area contributed by atoms with Crippen molar-refractivity contribution < 1.29 is 14.6 Å². The first-order valence-corrected chi connectivity index (χ1v) is 10.3. The quantitative estimate of drug-likeness (QED) is 0.418. The number of imidazole rings is 1. The summed E-state index contributed by atoms with van der Waals surface area (Å²) in [4.78, 5) is 40.6. The van der Waals surface area contributed by atoms with Gasteiger partial charge in [-0.1, -0.05) is 24.3 Å². The fraction of sp³-hybridized carbons (Fsp3) is 0.350. The van der Waals surface area contributed by atoms with E-state index in [2.05, 4.69) is 25.3 Å². The summed E-state index contributed by atoms with van der Waals surface area (Å²) in [5, 5.41) is 12.5. The maximum absolute atomic E-state index is 13.0. The number of nitrogens with two attached hydrogens (primary N) is 1. The fourth-order valence-corrected chi connectivity index (χ4v) is 2.88. The van der Waals surface area contributed by atoms with Crippen LogP contribution in [0.1, 0.15) is 31.9 Å². The molecule has 0 atom stereocenters. The number of anilines is 3. The Morgan fingerprint density at radius 2 is 1.88 bits per heavy atom. The second-order valence-electron chi connectivity index (χ2n) is 8.13. The average molecular weight is 477 g/mol. The molecule has 0 saturated carbocycles. The number of amides is 1. The highest BCUT2D eigenvalue weighted by Gasteiger charge is 2.27. The molecule has 0 spiro atoms. The Balaban J connectivity index is 1.98. The molecule has 33 heavy (non-hydrogen) atoms. The smallest absolute Gasteiger partial charge is 0.417 e. The molecular formula is C20H25ClN8O4. The topological polar surface area (TPSA) is 164 Å². The van der Waals surface area contributed by atoms with Gasteiger partial charge < -0.3 is 20.9 Å². The molecule has 3 aromatic rings. The summed E-state index contributed by atoms with van der Waals surface area (Å²) in [6, 6.07) is 7.36. The maximum Gasteiger partial charge on any atom is 0.417 e. The largest absolute Gasteiger partial charge is 0.492 e. The van der Waals surface area contributed by atoms with E-state index in [4.69, 9.17) is 22.1 Å². The van der Waals surface area contributed by atoms with Gasteiger partial charge in [-0.3, -0.25) is 9.55 Å². The molecule has 1 amide bonds. The zero-order valence-electron chi connectivity index (χ0n) is 18.6. The van der Waals surface area contributed by atoms with Gasteiger partial charge in [0.15, 0.2) is 5.82 Å². The first kappa shape index (κ1) is 24.0. The highest BCUT2D eigenvalue weighted by Crippen LogP contribution is 2.24. The summed E-state index contributed by atoms with van der Waals surface area (Å²) in [6.07, 6.45) is -0.699. The second-order valence-corrected chi connectivity index (χ2v) is 8.47. The van der Waals surface area contributed by atoms with E-state index in [1.165, 1.54) is 11.9 Å². The van der Waals surface area contributed by atoms with Crippen molar-refractivity contribution in [3.63, 3.8) is 0 Å². The van der Waals surface area contributed by atoms with Crippen molar-refractivity contribution in [1.82, 2.24) is 24.5 Å². The number of hydrogen-bond acceptors (Lipinski definition) is 9. The van der Waals surface area contributed by atoms with Gasteiger partial charge in [0, 0.05) is 13.6 Å². The van der Waals surface area contributed by atoms with Crippen LogP contribution in [-0.4, -0.2) is 41.3 Å². The normalized spacial score (nSPS) is 11.3. The van der Waals surface area contributed by atoms with Crippen molar-refractivity contribution in [2.75, 3.05) is 10.2 Å². The Kier molecular flexibility index (Phi) is 6.89. The molecule has 0 unspecified atom stereocenters. The standard InChI is InChI=1S/C20H25ClN8O4/c1-20(2,3)33-19(32)29(10-12-7-5-11(9-22)6-8-12)17-26-15(21)25-16(27-17)23-13-14(30)28(4)18(31)24-13/h5-8,30H,9-10,22H2,1-4H3,(H,24,31)(H,23,25,26,27). The van der Waals surface area contributed by atoms with Gasteiger partial charge in [0.05, 0.1) is 6.54 Å². The molecule has 5 N–H and O–H groups in total. The van der Waals surface area contributed by atoms with Crippen molar-refractivity contribution in [1.29, 1.82) is 0 Å². The summed E-state index contributed by atoms with van der Waals surface area (Å²) in [7, 11) is 1.38. The number of aromatic nitrogens is 5. The molecule has 13 heteroatoms. The molecule has 0 fully saturated rings. The number of halogens is 1. The Bertz CT molecular complexity index is 1200. The highest BCUT2D eigenvalue weighted by molar-refractivity contribution is 6.28. The van der Waals surface area contributed by atoms with E-state index in [0.717, 1.165) is 15.7 Å². The minimum atomic E-state index is -0.772. The Morgan fingerprint density at radius 1 is 1.24 bits per heavy atom. The number of aromatic hydroxyl groups is 1. The lowest BCUT2D eigenvalue weighted by atomic mass is 10.1. The van der Waals surface area contributed by atoms with E-state index in [0.29, 0.717) is 6.54 Å². The number of rotatable bonds is 6. The molecule has 0 radical (unpaired) electrons. The van der Waals surface area contributed by atoms with E-state index >= 15 is 0 Å². The van der Waals surface area contributed by atoms with Crippen LogP contribution in [0.3, 0.4) is 0 Å². The lowest BCUT2D eigenvalue weighted by Crippen LogP contribution is -2.37. The van der Waals surface area contributed by atoms with Crippen LogP contribution in [-0.2, 0) is 24.9 Å². The lowest BCUT2D eigenvalue weighted by Gasteiger charge is -2.26. The number of hydrogen-bond donors (Lipinski definition) is 4. The van der Waals surface area contributed by atoms with Gasteiger partial charge in [0.25, 0.3) is 0 Å². The molecule has 176 valence electrons. The summed E-state index contributed by atoms with van der Waals surface area (Å²) in [5.41, 5.74) is 6.04. The van der Waals surface area contributed by atoms with Gasteiger partial charge >= 0.3 is 11.8 Å². The third-order valence-corrected chi connectivity index (χ3v) is 4.53. The van der Waals surface area contributed by atoms with Gasteiger partial charge in [0.2, 0.25) is 23.1 Å². The number of nitrogens with one attached hydrogen (secondary N) is 2. The van der Waals surface area contributed by atoms with E-state index in [9.17, 15) is 14.7 Å². The van der Waals surface area contributed by atoms with E-state index in [1.807, 2.05) is 24.3 Å². The monoisotopic (exact) mass is 476 g/mol. The number of carbonyl (C=O) groups is 1. The number of ether oxygens (including phenoxy) is 1. The SMILES string of the molecule is Cn1c(O)c(Nc2nc(Cl)nc(N(Cc3ccc(CN)cc3)C(=O)OC(C)(C)C)n2)[nH]c1=O. The van der Waals surface area contributed by atoms with Crippen molar-refractivity contribution in [3.8, 4) is 5.88 Å². The number of carbonyl (C=O) groups excluding carboxylic acids is 1. The van der Waals surface area contributed by atoms with Crippen LogP contribution in [0.2, 0.25) is 5.28 Å². The lowest BCUT2D eigenvalue weighted by molar-refractivity contribution is 0.0575. The van der Waals surface area contributed by atoms with Gasteiger partial charge in [-0.25, -0.2) is 14.5 Å². The highest BCUT2D eigenvalue weighted by atomic mass is 35.5. The molecule has 2 aromatic heterocycles. The fourth-order valence-electron chi connectivity index (χ4n) is 2.72. The summed E-state index contributed by atoms with van der Waals surface area (Å²) in [5.74, 6) is -0.597. The molecule has 0 bridgehead atoms. The van der Waals surface area contributed by atoms with Crippen LogP contribution in [0.25, 0.3) is 0 Å². The minimum absolute atomic E-state index is 0.0445. The number of H-pyrrole nitrogens is 1. The maximum atomic E-state index is 13.0. The van der Waals surface area contributed by atoms with Crippen LogP contribution in [0.5, 0.6) is 5.88 Å². The second kappa shape index (κ2) is 9.46. The van der Waals surface area contributed by atoms with Crippen LogP contribution >= 0.6 is 11.6 Å². The molecule has 1 aromatic carbocycles. The van der Waals surface area contributed by atoms with Crippen molar-refractivity contribution in [2.24, 2.45) is 12.8 Å². The molecule has 0 aliphatic rings. The van der Waals surface area contributed by atoms with Gasteiger partial charge in [-0.2, -0.15) is 15.0 Å². The van der Waals surface area contributed by atoms with Crippen LogP contribution in [0, 0.1) is 0 Å². The molecule has 12 nitrogen and oxygen atoms in total. The Labute approximate surface area is 194 Å². The Hall–Kier alpha value is -3.64. The number of nitrogens with zero attached hydrogens (tertiary/aromatic N) is 5. The Morgan fingerprint density at radius 3 is 2.42 bits per heavy atom. The molecular weight excluding hydrogens is 452 g/mol. The zero-order valence-corrected chi connectivity index (χ0v) is 19.3. The molecule has 0 saturated heterocycles. The third kappa shape index (κ3) is 5.99. The first-order valence-electron chi connectivity index (χ1n) is 9.92. The van der Waals surface area contributed by atoms with Gasteiger partial charge in [-0.15, -0.1) is 0 Å². The average Bonchev–Trinajstić information content (AvgIpc) is 2.97. The third-order valence-electron chi connectivity index (χ3n) is 4.37. The summed E-state index contributed by atoms with van der Waals surface area (Å²) >= 11 is 6.08. The van der Waals surface area contributed by atoms with Gasteiger partial charge in [0.1, 0.15) is 5.60 Å².